The Kier molecular flexibility index (Phi) is 67.1. The summed E-state index contributed by atoms with van der Waals surface area (Å²) in [6.07, 6.45) is 55.2. The van der Waals surface area contributed by atoms with Crippen LogP contribution in [0.15, 0.2) is 0 Å². The lowest BCUT2D eigenvalue weighted by Gasteiger charge is -2.21. The number of phosphoric acid groups is 2. The molecule has 3 N–H and O–H groups in total. The molecule has 0 amide bonds. The van der Waals surface area contributed by atoms with Crippen molar-refractivity contribution < 1.29 is 80.2 Å². The molecule has 0 saturated carbocycles. The maximum Gasteiger partial charge on any atom is 0.472 e. The van der Waals surface area contributed by atoms with E-state index in [1.165, 1.54) is 212 Å². The summed E-state index contributed by atoms with van der Waals surface area (Å²) < 4.78 is 68.7. The van der Waals surface area contributed by atoms with Crippen molar-refractivity contribution in [3.8, 4) is 0 Å². The molecule has 0 spiro atoms. The van der Waals surface area contributed by atoms with Gasteiger partial charge in [-0.05, 0) is 43.4 Å². The molecule has 0 saturated heterocycles. The molecule has 576 valence electrons. The largest absolute Gasteiger partial charge is 0.472 e. The van der Waals surface area contributed by atoms with Crippen LogP contribution in [0.5, 0.6) is 0 Å². The Bertz CT molecular complexity index is 1890. The summed E-state index contributed by atoms with van der Waals surface area (Å²) in [6.45, 7) is 12.0. The summed E-state index contributed by atoms with van der Waals surface area (Å²) in [7, 11) is -9.92. The summed E-state index contributed by atoms with van der Waals surface area (Å²) in [4.78, 5) is 73.0. The van der Waals surface area contributed by atoms with Crippen LogP contribution in [-0.2, 0) is 65.4 Å². The Balaban J connectivity index is 5.28. The van der Waals surface area contributed by atoms with Gasteiger partial charge in [0.15, 0.2) is 12.2 Å². The number of ether oxygens (including phenoxy) is 4. The van der Waals surface area contributed by atoms with Crippen molar-refractivity contribution in [2.75, 3.05) is 39.6 Å². The van der Waals surface area contributed by atoms with E-state index < -0.39 is 97.5 Å². The normalized spacial score (nSPS) is 14.6. The monoisotopic (exact) mass is 1420 g/mol. The number of hydrogen-bond donors (Lipinski definition) is 3. The highest BCUT2D eigenvalue weighted by molar-refractivity contribution is 7.47. The molecule has 0 radical (unpaired) electrons. The molecule has 0 rings (SSSR count). The molecule has 0 bridgehead atoms. The lowest BCUT2D eigenvalue weighted by molar-refractivity contribution is -0.161. The van der Waals surface area contributed by atoms with E-state index in [9.17, 15) is 43.2 Å². The minimum Gasteiger partial charge on any atom is -0.462 e. The number of carbonyl (C=O) groups is 4. The van der Waals surface area contributed by atoms with E-state index in [4.69, 9.17) is 37.0 Å². The maximum absolute atomic E-state index is 13.1. The topological polar surface area (TPSA) is 237 Å². The second-order valence-corrected chi connectivity index (χ2v) is 32.0. The van der Waals surface area contributed by atoms with Crippen LogP contribution in [0.3, 0.4) is 0 Å². The second-order valence-electron chi connectivity index (χ2n) is 29.1. The molecular weight excluding hydrogens is 1270 g/mol. The number of unbranched alkanes of at least 4 members (excludes halogenated alkanes) is 42. The van der Waals surface area contributed by atoms with Gasteiger partial charge in [0.2, 0.25) is 0 Å². The van der Waals surface area contributed by atoms with Crippen molar-refractivity contribution in [1.82, 2.24) is 0 Å². The molecular formula is C78H152O17P2. The van der Waals surface area contributed by atoms with Crippen LogP contribution in [-0.4, -0.2) is 96.7 Å². The van der Waals surface area contributed by atoms with Gasteiger partial charge in [-0.15, -0.1) is 0 Å². The molecule has 0 aromatic rings. The van der Waals surface area contributed by atoms with Crippen LogP contribution in [0, 0.1) is 17.8 Å². The van der Waals surface area contributed by atoms with Gasteiger partial charge in [0.05, 0.1) is 26.4 Å². The Labute approximate surface area is 594 Å². The third kappa shape index (κ3) is 69.5. The van der Waals surface area contributed by atoms with E-state index in [-0.39, 0.29) is 25.7 Å². The van der Waals surface area contributed by atoms with Crippen LogP contribution in [0.1, 0.15) is 402 Å². The predicted molar refractivity (Wildman–Crippen MR) is 395 cm³/mol. The fraction of sp³-hybridized carbons (Fsp3) is 0.949. The van der Waals surface area contributed by atoms with Crippen molar-refractivity contribution in [2.45, 2.75) is 420 Å². The zero-order chi connectivity index (χ0) is 71.6. The van der Waals surface area contributed by atoms with Gasteiger partial charge in [-0.2, -0.15) is 0 Å². The van der Waals surface area contributed by atoms with Crippen LogP contribution < -0.4 is 0 Å². The molecule has 17 nitrogen and oxygen atoms in total. The van der Waals surface area contributed by atoms with E-state index in [1.54, 1.807) is 0 Å². The fourth-order valence-corrected chi connectivity index (χ4v) is 13.5. The number of rotatable bonds is 76. The van der Waals surface area contributed by atoms with Gasteiger partial charge >= 0.3 is 39.5 Å². The molecule has 0 aliphatic heterocycles. The lowest BCUT2D eigenvalue weighted by Crippen LogP contribution is -2.30. The number of phosphoric ester groups is 2. The summed E-state index contributed by atoms with van der Waals surface area (Å²) in [5, 5.41) is 10.6. The molecule has 4 unspecified atom stereocenters. The number of aliphatic hydroxyl groups excluding tert-OH is 1. The number of hydrogen-bond acceptors (Lipinski definition) is 15. The molecule has 97 heavy (non-hydrogen) atoms. The van der Waals surface area contributed by atoms with Gasteiger partial charge < -0.3 is 33.8 Å². The summed E-state index contributed by atoms with van der Waals surface area (Å²) in [5.74, 6) is 0.249. The standard InChI is InChI=1S/C78H152O17P2/c1-8-11-12-13-14-15-16-17-18-19-20-25-31-40-47-54-61-77(82)94-73(65-88-75(80)59-52-45-38-30-24-22-21-23-28-35-42-49-56-69(4)5)67-92-96(84,85)90-63-72(79)64-91-97(86,87)93-68-74(66-89-76(81)60-53-46-39-34-33-37-44-51-58-71(7)10-3)95-78(83)62-55-48-41-32-27-26-29-36-43-50-57-70(6)9-2/h69-74,79H,8-68H2,1-7H3,(H,84,85)(H,86,87)/t70?,71?,72-,73-,74-/m1/s1. The van der Waals surface area contributed by atoms with E-state index in [2.05, 4.69) is 48.5 Å². The molecule has 0 heterocycles. The van der Waals surface area contributed by atoms with Crippen molar-refractivity contribution in [3.63, 3.8) is 0 Å². The van der Waals surface area contributed by atoms with Crippen molar-refractivity contribution in [3.05, 3.63) is 0 Å². The zero-order valence-electron chi connectivity index (χ0n) is 63.5. The van der Waals surface area contributed by atoms with Gasteiger partial charge in [-0.25, -0.2) is 9.13 Å². The Hall–Kier alpha value is -1.94. The molecule has 0 aromatic heterocycles. The number of aliphatic hydroxyl groups is 1. The summed E-state index contributed by atoms with van der Waals surface area (Å²) in [6, 6.07) is 0. The van der Waals surface area contributed by atoms with E-state index >= 15 is 0 Å². The van der Waals surface area contributed by atoms with Crippen LogP contribution >= 0.6 is 15.6 Å². The Morgan fingerprint density at radius 3 is 0.784 bits per heavy atom. The van der Waals surface area contributed by atoms with Crippen LogP contribution in [0.4, 0.5) is 0 Å². The SMILES string of the molecule is CCCCCCCCCCCCCCCCCCC(=O)O[C@H](COC(=O)CCCCCCCCCCCCCCC(C)C)COP(=O)(O)OC[C@@H](O)COP(=O)(O)OC[C@@H](COC(=O)CCCCCCCCCCC(C)CC)OC(=O)CCCCCCCCCCCCC(C)CC. The number of esters is 4. The second kappa shape index (κ2) is 68.5. The molecule has 7 atom stereocenters. The smallest absolute Gasteiger partial charge is 0.462 e. The third-order valence-electron chi connectivity index (χ3n) is 18.9. The van der Waals surface area contributed by atoms with Gasteiger partial charge in [0.1, 0.15) is 19.3 Å². The van der Waals surface area contributed by atoms with Crippen molar-refractivity contribution in [2.24, 2.45) is 17.8 Å². The highest BCUT2D eigenvalue weighted by Gasteiger charge is 2.30. The Morgan fingerprint density at radius 2 is 0.526 bits per heavy atom. The molecule has 0 aromatic carbocycles. The molecule has 0 aliphatic carbocycles. The molecule has 0 fully saturated rings. The first kappa shape index (κ1) is 95.1. The lowest BCUT2D eigenvalue weighted by atomic mass is 9.99. The van der Waals surface area contributed by atoms with Gasteiger partial charge in [0.25, 0.3) is 0 Å². The third-order valence-corrected chi connectivity index (χ3v) is 20.8. The van der Waals surface area contributed by atoms with Crippen molar-refractivity contribution >= 4 is 39.5 Å². The minimum atomic E-state index is -4.96. The van der Waals surface area contributed by atoms with Crippen molar-refractivity contribution in [1.29, 1.82) is 0 Å². The van der Waals surface area contributed by atoms with Gasteiger partial charge in [-0.1, -0.05) is 350 Å². The summed E-state index contributed by atoms with van der Waals surface area (Å²) >= 11 is 0. The highest BCUT2D eigenvalue weighted by atomic mass is 31.2. The Morgan fingerprint density at radius 1 is 0.299 bits per heavy atom. The average Bonchev–Trinajstić information content (AvgIpc) is 1.16. The average molecular weight is 1420 g/mol. The first-order valence-electron chi connectivity index (χ1n) is 40.4. The zero-order valence-corrected chi connectivity index (χ0v) is 65.3. The van der Waals surface area contributed by atoms with Gasteiger partial charge in [0, 0.05) is 25.7 Å². The van der Waals surface area contributed by atoms with Crippen LogP contribution in [0.2, 0.25) is 0 Å². The van der Waals surface area contributed by atoms with E-state index in [0.717, 1.165) is 108 Å². The van der Waals surface area contributed by atoms with E-state index in [0.29, 0.717) is 25.7 Å². The molecule has 0 aliphatic rings. The molecule has 19 heteroatoms. The first-order chi connectivity index (χ1) is 46.8. The summed E-state index contributed by atoms with van der Waals surface area (Å²) in [5.41, 5.74) is 0. The van der Waals surface area contributed by atoms with E-state index in [1.807, 2.05) is 0 Å². The number of carbonyl (C=O) groups excluding carboxylic acids is 4. The fourth-order valence-electron chi connectivity index (χ4n) is 11.9. The predicted octanol–water partition coefficient (Wildman–Crippen LogP) is 23.0. The van der Waals surface area contributed by atoms with Crippen LogP contribution in [0.25, 0.3) is 0 Å². The minimum absolute atomic E-state index is 0.106. The highest BCUT2D eigenvalue weighted by Crippen LogP contribution is 2.45. The van der Waals surface area contributed by atoms with Gasteiger partial charge in [-0.3, -0.25) is 37.3 Å². The maximum atomic E-state index is 13.1. The first-order valence-corrected chi connectivity index (χ1v) is 43.4. The quantitative estimate of drug-likeness (QED) is 0.0222.